The molecule has 0 saturated heterocycles. The molecule has 3 aromatic rings. The third-order valence-electron chi connectivity index (χ3n) is 3.99. The number of halogens is 3. The minimum Gasteiger partial charge on any atom is -0.489 e. The summed E-state index contributed by atoms with van der Waals surface area (Å²) in [6.45, 7) is 0.351. The SMILES string of the molecule is O=C(O)c1ccc(C(F)(F)F)cc1-c1ccc(OCc2ccccc2)cc1. The summed E-state index contributed by atoms with van der Waals surface area (Å²) in [6.07, 6.45) is -4.55. The van der Waals surface area contributed by atoms with Gasteiger partial charge in [0.25, 0.3) is 0 Å². The van der Waals surface area contributed by atoms with Crippen molar-refractivity contribution in [1.82, 2.24) is 0 Å². The number of alkyl halides is 3. The molecule has 0 heterocycles. The van der Waals surface area contributed by atoms with Crippen molar-refractivity contribution in [2.75, 3.05) is 0 Å². The van der Waals surface area contributed by atoms with Gasteiger partial charge >= 0.3 is 12.1 Å². The minimum absolute atomic E-state index is 0.00642. The van der Waals surface area contributed by atoms with E-state index in [0.717, 1.165) is 23.8 Å². The third-order valence-corrected chi connectivity index (χ3v) is 3.99. The molecule has 3 aromatic carbocycles. The average molecular weight is 372 g/mol. The molecule has 0 unspecified atom stereocenters. The third kappa shape index (κ3) is 4.47. The van der Waals surface area contributed by atoms with Crippen LogP contribution in [0.4, 0.5) is 13.2 Å². The standard InChI is InChI=1S/C21H15F3O3/c22-21(23,24)16-8-11-18(20(25)26)19(12-16)15-6-9-17(10-7-15)27-13-14-4-2-1-3-5-14/h1-12H,13H2,(H,25,26). The van der Waals surface area contributed by atoms with Crippen molar-refractivity contribution in [2.24, 2.45) is 0 Å². The number of carboxylic acids is 1. The smallest absolute Gasteiger partial charge is 0.416 e. The second kappa shape index (κ2) is 7.53. The summed E-state index contributed by atoms with van der Waals surface area (Å²) < 4.78 is 44.6. The highest BCUT2D eigenvalue weighted by Gasteiger charge is 2.31. The summed E-state index contributed by atoms with van der Waals surface area (Å²) in [6, 6.07) is 18.4. The molecular weight excluding hydrogens is 357 g/mol. The zero-order valence-electron chi connectivity index (χ0n) is 14.0. The molecule has 0 bridgehead atoms. The second-order valence-electron chi connectivity index (χ2n) is 5.86. The van der Waals surface area contributed by atoms with E-state index in [1.54, 1.807) is 24.3 Å². The minimum atomic E-state index is -4.55. The largest absolute Gasteiger partial charge is 0.489 e. The van der Waals surface area contributed by atoms with Crippen LogP contribution in [0.2, 0.25) is 0 Å². The van der Waals surface area contributed by atoms with E-state index < -0.39 is 17.7 Å². The van der Waals surface area contributed by atoms with Gasteiger partial charge in [0.15, 0.2) is 0 Å². The van der Waals surface area contributed by atoms with Gasteiger partial charge in [0.1, 0.15) is 12.4 Å². The molecule has 27 heavy (non-hydrogen) atoms. The van der Waals surface area contributed by atoms with Crippen LogP contribution >= 0.6 is 0 Å². The Kier molecular flexibility index (Phi) is 5.16. The van der Waals surface area contributed by atoms with Crippen LogP contribution in [0.25, 0.3) is 11.1 Å². The van der Waals surface area contributed by atoms with Gasteiger partial charge in [0.05, 0.1) is 11.1 Å². The van der Waals surface area contributed by atoms with Gasteiger partial charge in [-0.15, -0.1) is 0 Å². The lowest BCUT2D eigenvalue weighted by molar-refractivity contribution is -0.137. The maximum atomic E-state index is 13.0. The van der Waals surface area contributed by atoms with Crippen LogP contribution in [0.15, 0.2) is 72.8 Å². The van der Waals surface area contributed by atoms with Crippen molar-refractivity contribution in [3.05, 3.63) is 89.5 Å². The molecule has 0 saturated carbocycles. The summed E-state index contributed by atoms with van der Waals surface area (Å²) in [7, 11) is 0. The van der Waals surface area contributed by atoms with E-state index in [-0.39, 0.29) is 11.1 Å². The van der Waals surface area contributed by atoms with Gasteiger partial charge in [-0.2, -0.15) is 13.2 Å². The van der Waals surface area contributed by atoms with E-state index in [4.69, 9.17) is 4.74 Å². The topological polar surface area (TPSA) is 46.5 Å². The Morgan fingerprint density at radius 2 is 1.59 bits per heavy atom. The first-order valence-electron chi connectivity index (χ1n) is 8.06. The number of carboxylic acid groups (broad SMARTS) is 1. The zero-order valence-corrected chi connectivity index (χ0v) is 14.0. The number of ether oxygens (including phenoxy) is 1. The predicted octanol–water partition coefficient (Wildman–Crippen LogP) is 5.65. The molecule has 6 heteroatoms. The molecule has 0 atom stereocenters. The second-order valence-corrected chi connectivity index (χ2v) is 5.86. The molecule has 0 aliphatic heterocycles. The number of hydrogen-bond donors (Lipinski definition) is 1. The maximum absolute atomic E-state index is 13.0. The van der Waals surface area contributed by atoms with E-state index in [0.29, 0.717) is 17.9 Å². The van der Waals surface area contributed by atoms with Crippen LogP contribution in [-0.2, 0) is 12.8 Å². The molecule has 3 rings (SSSR count). The molecule has 0 radical (unpaired) electrons. The maximum Gasteiger partial charge on any atom is 0.416 e. The van der Waals surface area contributed by atoms with Gasteiger partial charge in [0, 0.05) is 0 Å². The molecule has 0 amide bonds. The molecule has 1 N–H and O–H groups in total. The zero-order chi connectivity index (χ0) is 19.4. The van der Waals surface area contributed by atoms with Crippen molar-refractivity contribution in [3.8, 4) is 16.9 Å². The van der Waals surface area contributed by atoms with Crippen LogP contribution in [0, 0.1) is 0 Å². The fourth-order valence-corrected chi connectivity index (χ4v) is 2.62. The number of rotatable bonds is 5. The van der Waals surface area contributed by atoms with E-state index in [1.807, 2.05) is 30.3 Å². The molecular formula is C21H15F3O3. The van der Waals surface area contributed by atoms with Crippen molar-refractivity contribution >= 4 is 5.97 Å². The molecule has 0 aromatic heterocycles. The number of carbonyl (C=O) groups is 1. The Labute approximate surface area is 153 Å². The molecule has 138 valence electrons. The van der Waals surface area contributed by atoms with Gasteiger partial charge in [-0.25, -0.2) is 4.79 Å². The highest BCUT2D eigenvalue weighted by molar-refractivity contribution is 5.96. The first kappa shape index (κ1) is 18.5. The lowest BCUT2D eigenvalue weighted by atomic mass is 9.97. The van der Waals surface area contributed by atoms with E-state index in [2.05, 4.69) is 0 Å². The first-order chi connectivity index (χ1) is 12.8. The van der Waals surface area contributed by atoms with Gasteiger partial charge in [0.2, 0.25) is 0 Å². The molecule has 0 fully saturated rings. The molecule has 0 aliphatic carbocycles. The van der Waals surface area contributed by atoms with Gasteiger partial charge in [-0.05, 0) is 47.0 Å². The number of hydrogen-bond acceptors (Lipinski definition) is 2. The Bertz CT molecular complexity index is 933. The monoisotopic (exact) mass is 372 g/mol. The highest BCUT2D eigenvalue weighted by atomic mass is 19.4. The Morgan fingerprint density at radius 1 is 0.926 bits per heavy atom. The van der Waals surface area contributed by atoms with Crippen LogP contribution in [0.3, 0.4) is 0 Å². The van der Waals surface area contributed by atoms with Gasteiger partial charge < -0.3 is 9.84 Å². The van der Waals surface area contributed by atoms with Crippen LogP contribution in [0.1, 0.15) is 21.5 Å². The van der Waals surface area contributed by atoms with Crippen molar-refractivity contribution in [2.45, 2.75) is 12.8 Å². The average Bonchev–Trinajstić information content (AvgIpc) is 2.66. The summed E-state index contributed by atoms with van der Waals surface area (Å²) in [5.41, 5.74) is 0.262. The fraction of sp³-hybridized carbons (Fsp3) is 0.0952. The van der Waals surface area contributed by atoms with Crippen molar-refractivity contribution < 1.29 is 27.8 Å². The van der Waals surface area contributed by atoms with Gasteiger partial charge in [-0.1, -0.05) is 42.5 Å². The highest BCUT2D eigenvalue weighted by Crippen LogP contribution is 2.34. The lowest BCUT2D eigenvalue weighted by Crippen LogP contribution is -2.07. The van der Waals surface area contributed by atoms with Crippen LogP contribution in [0.5, 0.6) is 5.75 Å². The number of benzene rings is 3. The molecule has 3 nitrogen and oxygen atoms in total. The summed E-state index contributed by atoms with van der Waals surface area (Å²) >= 11 is 0. The summed E-state index contributed by atoms with van der Waals surface area (Å²) in [5.74, 6) is -0.755. The number of aromatic carboxylic acids is 1. The first-order valence-corrected chi connectivity index (χ1v) is 8.06. The normalized spacial score (nSPS) is 11.2. The van der Waals surface area contributed by atoms with Crippen LogP contribution < -0.4 is 4.74 Å². The van der Waals surface area contributed by atoms with Crippen molar-refractivity contribution in [3.63, 3.8) is 0 Å². The summed E-state index contributed by atoms with van der Waals surface area (Å²) in [5, 5.41) is 9.28. The Balaban J connectivity index is 1.86. The Hall–Kier alpha value is -3.28. The fourth-order valence-electron chi connectivity index (χ4n) is 2.62. The molecule has 0 aliphatic rings. The van der Waals surface area contributed by atoms with Gasteiger partial charge in [-0.3, -0.25) is 0 Å². The predicted molar refractivity (Wildman–Crippen MR) is 94.6 cm³/mol. The Morgan fingerprint density at radius 3 is 2.19 bits per heavy atom. The van der Waals surface area contributed by atoms with E-state index >= 15 is 0 Å². The van der Waals surface area contributed by atoms with Crippen LogP contribution in [-0.4, -0.2) is 11.1 Å². The quantitative estimate of drug-likeness (QED) is 0.630. The van der Waals surface area contributed by atoms with Crippen molar-refractivity contribution in [1.29, 1.82) is 0 Å². The van der Waals surface area contributed by atoms with E-state index in [1.165, 1.54) is 0 Å². The van der Waals surface area contributed by atoms with E-state index in [9.17, 15) is 23.1 Å². The summed E-state index contributed by atoms with van der Waals surface area (Å²) in [4.78, 5) is 11.4. The molecule has 0 spiro atoms. The lowest BCUT2D eigenvalue weighted by Gasteiger charge is -2.12.